The van der Waals surface area contributed by atoms with Gasteiger partial charge in [0.15, 0.2) is 0 Å². The van der Waals surface area contributed by atoms with Crippen LogP contribution in [0.2, 0.25) is 0 Å². The van der Waals surface area contributed by atoms with Crippen LogP contribution in [0.15, 0.2) is 6.07 Å². The smallest absolute Gasteiger partial charge is 0.264 e. The molecule has 1 spiro atoms. The maximum absolute atomic E-state index is 13.2. The number of thiophene rings is 1. The van der Waals surface area contributed by atoms with E-state index < -0.39 is 0 Å². The Morgan fingerprint density at radius 2 is 2.19 bits per heavy atom. The van der Waals surface area contributed by atoms with Crippen molar-refractivity contribution in [3.8, 4) is 0 Å². The highest BCUT2D eigenvalue weighted by Gasteiger charge is 2.41. The molecule has 0 bridgehead atoms. The Kier molecular flexibility index (Phi) is 6.62. The van der Waals surface area contributed by atoms with Gasteiger partial charge in [0.05, 0.1) is 17.1 Å². The lowest BCUT2D eigenvalue weighted by molar-refractivity contribution is -0.0792. The summed E-state index contributed by atoms with van der Waals surface area (Å²) in [5.74, 6) is 0.154. The molecule has 146 valence electrons. The summed E-state index contributed by atoms with van der Waals surface area (Å²) in [6, 6.07) is 2.31. The zero-order chi connectivity index (χ0) is 17.3. The molecule has 1 amide bonds. The lowest BCUT2D eigenvalue weighted by atomic mass is 9.83. The highest BCUT2D eigenvalue weighted by molar-refractivity contribution is 7.14. The number of nitrogens with one attached hydrogen (secondary N) is 1. The molecule has 2 N–H and O–H groups in total. The number of nitrogens with zero attached hydrogens (tertiary/aromatic N) is 1. The number of fused-ring (bicyclic) bond motifs is 2. The number of hydrogen-bond acceptors (Lipinski definition) is 5. The molecule has 0 aliphatic carbocycles. The first kappa shape index (κ1) is 20.1. The van der Waals surface area contributed by atoms with Gasteiger partial charge in [0.1, 0.15) is 0 Å². The lowest BCUT2D eigenvalue weighted by Gasteiger charge is -2.40. The monoisotopic (exact) mass is 400 g/mol. The molecular formula is C19H29ClN2O3S. The van der Waals surface area contributed by atoms with Gasteiger partial charge in [-0.2, -0.15) is 0 Å². The SMILES string of the molecule is Cl.O=C(c1cc2c(s1)CCOC21CCNCC1)N1CCCCC1CCO. The Morgan fingerprint density at radius 3 is 2.96 bits per heavy atom. The Morgan fingerprint density at radius 1 is 1.38 bits per heavy atom. The van der Waals surface area contributed by atoms with Gasteiger partial charge in [-0.05, 0) is 63.2 Å². The minimum absolute atomic E-state index is 0. The molecule has 0 aromatic carbocycles. The van der Waals surface area contributed by atoms with E-state index in [0.717, 1.165) is 69.6 Å². The summed E-state index contributed by atoms with van der Waals surface area (Å²) in [4.78, 5) is 17.4. The fourth-order valence-electron chi connectivity index (χ4n) is 4.63. The molecule has 1 aromatic rings. The molecular weight excluding hydrogens is 372 g/mol. The molecule has 1 unspecified atom stereocenters. The van der Waals surface area contributed by atoms with Crippen molar-refractivity contribution < 1.29 is 14.6 Å². The summed E-state index contributed by atoms with van der Waals surface area (Å²) >= 11 is 1.67. The number of ether oxygens (including phenoxy) is 1. The van der Waals surface area contributed by atoms with E-state index >= 15 is 0 Å². The van der Waals surface area contributed by atoms with Crippen LogP contribution in [0, 0.1) is 0 Å². The zero-order valence-electron chi connectivity index (χ0n) is 15.2. The third-order valence-electron chi connectivity index (χ3n) is 5.98. The normalized spacial score (nSPS) is 24.8. The zero-order valence-corrected chi connectivity index (χ0v) is 16.8. The summed E-state index contributed by atoms with van der Waals surface area (Å²) in [5, 5.41) is 12.7. The van der Waals surface area contributed by atoms with Gasteiger partial charge < -0.3 is 20.1 Å². The highest BCUT2D eigenvalue weighted by atomic mass is 35.5. The van der Waals surface area contributed by atoms with Gasteiger partial charge in [0.25, 0.3) is 5.91 Å². The first-order valence-corrected chi connectivity index (χ1v) is 10.4. The van der Waals surface area contributed by atoms with Gasteiger partial charge in [0, 0.05) is 30.5 Å². The number of rotatable bonds is 3. The van der Waals surface area contributed by atoms with Gasteiger partial charge >= 0.3 is 0 Å². The van der Waals surface area contributed by atoms with Crippen molar-refractivity contribution in [3.05, 3.63) is 21.4 Å². The molecule has 0 radical (unpaired) electrons. The van der Waals surface area contributed by atoms with E-state index in [9.17, 15) is 9.90 Å². The minimum Gasteiger partial charge on any atom is -0.396 e. The number of amides is 1. The Hall–Kier alpha value is -0.660. The summed E-state index contributed by atoms with van der Waals surface area (Å²) in [6.07, 6.45) is 6.81. The number of piperidine rings is 2. The predicted octanol–water partition coefficient (Wildman–Crippen LogP) is 2.70. The van der Waals surface area contributed by atoms with Gasteiger partial charge in [0.2, 0.25) is 0 Å². The van der Waals surface area contributed by atoms with E-state index in [2.05, 4.69) is 11.4 Å². The topological polar surface area (TPSA) is 61.8 Å². The number of hydrogen-bond donors (Lipinski definition) is 2. The fourth-order valence-corrected chi connectivity index (χ4v) is 5.81. The number of likely N-dealkylation sites (tertiary alicyclic amines) is 1. The van der Waals surface area contributed by atoms with Crippen LogP contribution in [0.3, 0.4) is 0 Å². The lowest BCUT2D eigenvalue weighted by Crippen LogP contribution is -2.44. The van der Waals surface area contributed by atoms with Crippen LogP contribution in [0.1, 0.15) is 58.6 Å². The van der Waals surface area contributed by atoms with Crippen LogP contribution in [0.5, 0.6) is 0 Å². The average Bonchev–Trinajstić information content (AvgIpc) is 3.09. The molecule has 1 aromatic heterocycles. The first-order chi connectivity index (χ1) is 12.2. The molecule has 3 aliphatic rings. The van der Waals surface area contributed by atoms with Crippen molar-refractivity contribution in [1.29, 1.82) is 0 Å². The fraction of sp³-hybridized carbons (Fsp3) is 0.737. The number of aliphatic hydroxyl groups excluding tert-OH is 1. The van der Waals surface area contributed by atoms with Crippen molar-refractivity contribution in [2.45, 2.75) is 56.6 Å². The third-order valence-corrected chi connectivity index (χ3v) is 7.16. The van der Waals surface area contributed by atoms with Gasteiger partial charge in [-0.15, -0.1) is 23.7 Å². The van der Waals surface area contributed by atoms with Crippen molar-refractivity contribution in [2.24, 2.45) is 0 Å². The second-order valence-electron chi connectivity index (χ2n) is 7.45. The first-order valence-electron chi connectivity index (χ1n) is 9.63. The van der Waals surface area contributed by atoms with Crippen molar-refractivity contribution in [3.63, 3.8) is 0 Å². The minimum atomic E-state index is -0.180. The standard InChI is InChI=1S/C19H28N2O3S.ClH/c22-11-4-14-3-1-2-10-21(14)18(23)17-13-15-16(25-17)5-12-24-19(15)6-8-20-9-7-19;/h13-14,20,22H,1-12H2;1H. The van der Waals surface area contributed by atoms with Crippen LogP contribution in [0.4, 0.5) is 0 Å². The molecule has 2 fully saturated rings. The van der Waals surface area contributed by atoms with E-state index in [-0.39, 0.29) is 36.6 Å². The molecule has 3 aliphatic heterocycles. The van der Waals surface area contributed by atoms with Crippen LogP contribution in [-0.2, 0) is 16.8 Å². The molecule has 4 heterocycles. The number of carbonyl (C=O) groups is 1. The van der Waals surface area contributed by atoms with Gasteiger partial charge in [-0.25, -0.2) is 0 Å². The van der Waals surface area contributed by atoms with E-state index in [1.54, 1.807) is 11.3 Å². The van der Waals surface area contributed by atoms with Crippen molar-refractivity contribution in [2.75, 3.05) is 32.8 Å². The number of carbonyl (C=O) groups excluding carboxylic acids is 1. The summed E-state index contributed by atoms with van der Waals surface area (Å²) in [6.45, 7) is 3.68. The number of aliphatic hydroxyl groups is 1. The molecule has 1 atom stereocenters. The third kappa shape index (κ3) is 3.67. The molecule has 4 rings (SSSR count). The summed E-state index contributed by atoms with van der Waals surface area (Å²) < 4.78 is 6.24. The second-order valence-corrected chi connectivity index (χ2v) is 8.59. The van der Waals surface area contributed by atoms with Gasteiger partial charge in [-0.3, -0.25) is 4.79 Å². The summed E-state index contributed by atoms with van der Waals surface area (Å²) in [7, 11) is 0. The predicted molar refractivity (Wildman–Crippen MR) is 105 cm³/mol. The quantitative estimate of drug-likeness (QED) is 0.818. The van der Waals surface area contributed by atoms with Crippen molar-refractivity contribution in [1.82, 2.24) is 10.2 Å². The van der Waals surface area contributed by atoms with Gasteiger partial charge in [-0.1, -0.05) is 0 Å². The Labute approximate surface area is 165 Å². The largest absolute Gasteiger partial charge is 0.396 e. The Bertz CT molecular complexity index is 628. The second kappa shape index (κ2) is 8.57. The van der Waals surface area contributed by atoms with Crippen LogP contribution < -0.4 is 5.32 Å². The molecule has 5 nitrogen and oxygen atoms in total. The van der Waals surface area contributed by atoms with E-state index in [4.69, 9.17) is 4.74 Å². The maximum atomic E-state index is 13.2. The van der Waals surface area contributed by atoms with E-state index in [1.165, 1.54) is 10.4 Å². The number of halogens is 1. The van der Waals surface area contributed by atoms with Crippen molar-refractivity contribution >= 4 is 29.7 Å². The maximum Gasteiger partial charge on any atom is 0.264 e. The average molecular weight is 401 g/mol. The molecule has 2 saturated heterocycles. The molecule has 26 heavy (non-hydrogen) atoms. The van der Waals surface area contributed by atoms with Crippen LogP contribution in [0.25, 0.3) is 0 Å². The molecule has 0 saturated carbocycles. The van der Waals surface area contributed by atoms with Crippen LogP contribution >= 0.6 is 23.7 Å². The highest BCUT2D eigenvalue weighted by Crippen LogP contribution is 2.43. The summed E-state index contributed by atoms with van der Waals surface area (Å²) in [5.41, 5.74) is 1.09. The molecule has 7 heteroatoms. The van der Waals surface area contributed by atoms with Crippen LogP contribution in [-0.4, -0.2) is 54.8 Å². The Balaban J connectivity index is 0.00000196. The van der Waals surface area contributed by atoms with E-state index in [1.807, 2.05) is 4.90 Å². The van der Waals surface area contributed by atoms with E-state index in [0.29, 0.717) is 6.42 Å².